The number of nitrogens with zero attached hydrogens (tertiary/aromatic N) is 4. The zero-order valence-corrected chi connectivity index (χ0v) is 20.6. The lowest BCUT2D eigenvalue weighted by Gasteiger charge is -2.27. The van der Waals surface area contributed by atoms with Crippen molar-refractivity contribution in [3.05, 3.63) is 77.9 Å². The molecule has 0 bridgehead atoms. The average Bonchev–Trinajstić information content (AvgIpc) is 3.47. The first-order valence-electron chi connectivity index (χ1n) is 11.3. The summed E-state index contributed by atoms with van der Waals surface area (Å²) in [6, 6.07) is 17.3. The number of aryl methyl sites for hydroxylation is 1. The van der Waals surface area contributed by atoms with Crippen molar-refractivity contribution in [3.8, 4) is 22.9 Å². The number of carbonyl (C=O) groups is 1. The third kappa shape index (κ3) is 4.64. The van der Waals surface area contributed by atoms with E-state index in [0.29, 0.717) is 29.6 Å². The smallest absolute Gasteiger partial charge is 0.196 e. The fourth-order valence-electron chi connectivity index (χ4n) is 4.25. The van der Waals surface area contributed by atoms with Crippen LogP contribution in [0.15, 0.2) is 66.1 Å². The molecule has 0 spiro atoms. The van der Waals surface area contributed by atoms with Crippen LogP contribution in [0.3, 0.4) is 0 Å². The van der Waals surface area contributed by atoms with Crippen LogP contribution in [0.4, 0.5) is 0 Å². The van der Waals surface area contributed by atoms with E-state index in [9.17, 15) is 4.79 Å². The fraction of sp³-hybridized carbons (Fsp3) is 0.269. The molecule has 0 saturated carbocycles. The van der Waals surface area contributed by atoms with Gasteiger partial charge in [-0.25, -0.2) is 0 Å². The number of hydrogen-bond donors (Lipinski definition) is 0. The fourth-order valence-corrected chi connectivity index (χ4v) is 5.05. The van der Waals surface area contributed by atoms with Gasteiger partial charge in [-0.15, -0.1) is 10.2 Å². The van der Waals surface area contributed by atoms with E-state index in [0.717, 1.165) is 28.6 Å². The van der Waals surface area contributed by atoms with Gasteiger partial charge in [-0.2, -0.15) is 0 Å². The van der Waals surface area contributed by atoms with E-state index in [1.807, 2.05) is 73.0 Å². The first-order chi connectivity index (χ1) is 17.0. The predicted octanol–water partition coefficient (Wildman–Crippen LogP) is 4.51. The monoisotopic (exact) mass is 490 g/mol. The zero-order chi connectivity index (χ0) is 24.4. The average molecular weight is 491 g/mol. The van der Waals surface area contributed by atoms with Crippen molar-refractivity contribution in [1.29, 1.82) is 0 Å². The Morgan fingerprint density at radius 3 is 2.74 bits per heavy atom. The molecule has 1 aliphatic rings. The topological polar surface area (TPSA) is 80.4 Å². The van der Waals surface area contributed by atoms with Gasteiger partial charge >= 0.3 is 0 Å². The molecule has 2 aromatic heterocycles. The summed E-state index contributed by atoms with van der Waals surface area (Å²) < 4.78 is 21.4. The normalized spacial score (nSPS) is 14.7. The standard InChI is InChI=1S/C26H26N4O4S/c1-17-12-20(18(2)29(17)13-19-14-33-24-10-6-7-11-25(24)34-19)22(31)15-35-26-28-27-16-30(26)21-8-4-5-9-23(21)32-3/h4-12,16,19H,13-15H2,1-3H3/t19-/m0/s1. The van der Waals surface area contributed by atoms with Crippen molar-refractivity contribution in [2.45, 2.75) is 31.7 Å². The Balaban J connectivity index is 1.28. The molecule has 1 aliphatic heterocycles. The van der Waals surface area contributed by atoms with Crippen LogP contribution in [0.25, 0.3) is 5.69 Å². The summed E-state index contributed by atoms with van der Waals surface area (Å²) in [5.41, 5.74) is 3.46. The Hall–Kier alpha value is -3.72. The third-order valence-electron chi connectivity index (χ3n) is 6.02. The Bertz CT molecular complexity index is 1360. The molecule has 4 aromatic rings. The zero-order valence-electron chi connectivity index (χ0n) is 19.8. The summed E-state index contributed by atoms with van der Waals surface area (Å²) >= 11 is 1.35. The summed E-state index contributed by atoms with van der Waals surface area (Å²) in [4.78, 5) is 13.2. The number of ether oxygens (including phenoxy) is 3. The van der Waals surface area contributed by atoms with Crippen LogP contribution in [0.2, 0.25) is 0 Å². The minimum Gasteiger partial charge on any atom is -0.495 e. The highest BCUT2D eigenvalue weighted by Gasteiger charge is 2.24. The number of para-hydroxylation sites is 4. The second kappa shape index (κ2) is 9.87. The number of carbonyl (C=O) groups excluding carboxylic acids is 1. The number of thioether (sulfide) groups is 1. The van der Waals surface area contributed by atoms with Gasteiger partial charge in [-0.1, -0.05) is 36.0 Å². The molecular weight excluding hydrogens is 464 g/mol. The van der Waals surface area contributed by atoms with E-state index in [2.05, 4.69) is 14.8 Å². The number of Topliss-reactive ketones (excluding diaryl/α,β-unsaturated/α-hetero) is 1. The molecule has 35 heavy (non-hydrogen) atoms. The predicted molar refractivity (Wildman–Crippen MR) is 133 cm³/mol. The number of aromatic nitrogens is 4. The number of methoxy groups -OCH3 is 1. The minimum atomic E-state index is -0.133. The lowest BCUT2D eigenvalue weighted by atomic mass is 10.2. The third-order valence-corrected chi connectivity index (χ3v) is 6.96. The SMILES string of the molecule is COc1ccccc1-n1cnnc1SCC(=O)c1cc(C)n(C[C@H]2COc3ccccc3O2)c1C. The van der Waals surface area contributed by atoms with E-state index in [4.69, 9.17) is 14.2 Å². The van der Waals surface area contributed by atoms with Gasteiger partial charge in [0.1, 0.15) is 18.7 Å². The number of benzene rings is 2. The second-order valence-electron chi connectivity index (χ2n) is 8.26. The highest BCUT2D eigenvalue weighted by Crippen LogP contribution is 2.32. The Kier molecular flexibility index (Phi) is 6.50. The Labute approximate surface area is 207 Å². The van der Waals surface area contributed by atoms with E-state index < -0.39 is 0 Å². The number of rotatable bonds is 8. The molecule has 3 heterocycles. The first-order valence-corrected chi connectivity index (χ1v) is 12.3. The molecule has 0 radical (unpaired) electrons. The van der Waals surface area contributed by atoms with Crippen LogP contribution in [0, 0.1) is 13.8 Å². The van der Waals surface area contributed by atoms with Crippen molar-refractivity contribution < 1.29 is 19.0 Å². The molecule has 0 aliphatic carbocycles. The molecule has 9 heteroatoms. The molecule has 180 valence electrons. The number of fused-ring (bicyclic) bond motifs is 1. The summed E-state index contributed by atoms with van der Waals surface area (Å²) in [5, 5.41) is 8.87. The maximum Gasteiger partial charge on any atom is 0.196 e. The number of hydrogen-bond acceptors (Lipinski definition) is 7. The lowest BCUT2D eigenvalue weighted by Crippen LogP contribution is -2.33. The molecule has 0 fully saturated rings. The van der Waals surface area contributed by atoms with Crippen LogP contribution in [0.1, 0.15) is 21.7 Å². The second-order valence-corrected chi connectivity index (χ2v) is 9.20. The number of ketones is 1. The van der Waals surface area contributed by atoms with Crippen LogP contribution in [0.5, 0.6) is 17.2 Å². The van der Waals surface area contributed by atoms with Gasteiger partial charge in [0.2, 0.25) is 0 Å². The lowest BCUT2D eigenvalue weighted by molar-refractivity contribution is 0.0777. The van der Waals surface area contributed by atoms with Gasteiger partial charge in [0.25, 0.3) is 0 Å². The van der Waals surface area contributed by atoms with Crippen LogP contribution < -0.4 is 14.2 Å². The highest BCUT2D eigenvalue weighted by atomic mass is 32.2. The molecule has 5 rings (SSSR count). The van der Waals surface area contributed by atoms with Crippen molar-refractivity contribution in [2.24, 2.45) is 0 Å². The minimum absolute atomic E-state index is 0.0371. The van der Waals surface area contributed by atoms with E-state index in [1.54, 1.807) is 13.4 Å². The summed E-state index contributed by atoms with van der Waals surface area (Å²) in [6.07, 6.45) is 1.49. The molecular formula is C26H26N4O4S. The van der Waals surface area contributed by atoms with Gasteiger partial charge < -0.3 is 18.8 Å². The molecule has 2 aromatic carbocycles. The van der Waals surface area contributed by atoms with Gasteiger partial charge in [0.15, 0.2) is 28.5 Å². The van der Waals surface area contributed by atoms with Crippen molar-refractivity contribution in [3.63, 3.8) is 0 Å². The summed E-state index contributed by atoms with van der Waals surface area (Å²) in [6.45, 7) is 5.05. The van der Waals surface area contributed by atoms with Crippen molar-refractivity contribution in [1.82, 2.24) is 19.3 Å². The molecule has 1 atom stereocenters. The molecule has 0 unspecified atom stereocenters. The van der Waals surface area contributed by atoms with Gasteiger partial charge in [-0.05, 0) is 44.2 Å². The largest absolute Gasteiger partial charge is 0.495 e. The summed E-state index contributed by atoms with van der Waals surface area (Å²) in [7, 11) is 1.62. The van der Waals surface area contributed by atoms with Crippen molar-refractivity contribution >= 4 is 17.5 Å². The van der Waals surface area contributed by atoms with Gasteiger partial charge in [-0.3, -0.25) is 9.36 Å². The molecule has 0 amide bonds. The van der Waals surface area contributed by atoms with Crippen LogP contribution >= 0.6 is 11.8 Å². The quantitative estimate of drug-likeness (QED) is 0.266. The Morgan fingerprint density at radius 2 is 1.91 bits per heavy atom. The highest BCUT2D eigenvalue weighted by molar-refractivity contribution is 7.99. The molecule has 8 nitrogen and oxygen atoms in total. The van der Waals surface area contributed by atoms with E-state index in [-0.39, 0.29) is 17.6 Å². The Morgan fingerprint density at radius 1 is 1.14 bits per heavy atom. The van der Waals surface area contributed by atoms with E-state index >= 15 is 0 Å². The maximum absolute atomic E-state index is 13.2. The van der Waals surface area contributed by atoms with Gasteiger partial charge in [0, 0.05) is 17.0 Å². The van der Waals surface area contributed by atoms with Crippen LogP contribution in [-0.4, -0.2) is 50.7 Å². The van der Waals surface area contributed by atoms with E-state index in [1.165, 1.54) is 11.8 Å². The van der Waals surface area contributed by atoms with Gasteiger partial charge in [0.05, 0.1) is 25.1 Å². The van der Waals surface area contributed by atoms with Crippen molar-refractivity contribution in [2.75, 3.05) is 19.5 Å². The summed E-state index contributed by atoms with van der Waals surface area (Å²) in [5.74, 6) is 2.50. The maximum atomic E-state index is 13.2. The molecule has 0 N–H and O–H groups in total. The molecule has 0 saturated heterocycles. The van der Waals surface area contributed by atoms with Crippen LogP contribution in [-0.2, 0) is 6.54 Å². The first kappa shape index (κ1) is 23.0.